The number of aryl methyl sites for hydroxylation is 2. The molecular weight excluding hydrogens is 256 g/mol. The van der Waals surface area contributed by atoms with E-state index in [2.05, 4.69) is 15.1 Å². The second kappa shape index (κ2) is 5.03. The molecule has 1 N–H and O–H groups in total. The molecule has 1 aliphatic carbocycles. The zero-order chi connectivity index (χ0) is 14.1. The lowest BCUT2D eigenvalue weighted by molar-refractivity contribution is 0.0696. The van der Waals surface area contributed by atoms with Gasteiger partial charge in [-0.25, -0.2) is 19.4 Å². The van der Waals surface area contributed by atoms with Gasteiger partial charge in [0.05, 0.1) is 5.69 Å². The van der Waals surface area contributed by atoms with E-state index in [-0.39, 0.29) is 5.56 Å². The van der Waals surface area contributed by atoms with Crippen molar-refractivity contribution >= 4 is 5.97 Å². The van der Waals surface area contributed by atoms with Crippen LogP contribution < -0.4 is 0 Å². The number of nitrogens with zero attached hydrogens (tertiary/aromatic N) is 4. The summed E-state index contributed by atoms with van der Waals surface area (Å²) in [6.45, 7) is 1.69. The third-order valence-electron chi connectivity index (χ3n) is 3.70. The van der Waals surface area contributed by atoms with Crippen LogP contribution in [0.25, 0.3) is 5.82 Å². The van der Waals surface area contributed by atoms with Crippen molar-refractivity contribution in [3.63, 3.8) is 0 Å². The lowest BCUT2D eigenvalue weighted by atomic mass is 10.1. The van der Waals surface area contributed by atoms with Crippen molar-refractivity contribution in [2.75, 3.05) is 0 Å². The first-order valence-electron chi connectivity index (χ1n) is 6.79. The minimum atomic E-state index is -0.964. The lowest BCUT2D eigenvalue weighted by Gasteiger charge is -2.09. The van der Waals surface area contributed by atoms with E-state index in [9.17, 15) is 4.79 Å². The standard InChI is InChI=1S/C14H16N4O2/c1-9-11(14(19)20)7-18(17-9)13-10-5-3-2-4-6-12(10)15-8-16-13/h7-8H,2-6H2,1H3,(H,19,20). The maximum atomic E-state index is 11.1. The highest BCUT2D eigenvalue weighted by molar-refractivity contribution is 5.88. The molecule has 2 aromatic rings. The molecule has 0 unspecified atom stereocenters. The first-order valence-corrected chi connectivity index (χ1v) is 6.79. The van der Waals surface area contributed by atoms with E-state index in [0.717, 1.165) is 36.9 Å². The molecule has 3 rings (SSSR count). The van der Waals surface area contributed by atoms with Gasteiger partial charge < -0.3 is 5.11 Å². The molecule has 20 heavy (non-hydrogen) atoms. The SMILES string of the molecule is Cc1nn(-c2ncnc3c2CCCCC3)cc1C(=O)O. The summed E-state index contributed by atoms with van der Waals surface area (Å²) in [5.41, 5.74) is 2.88. The molecule has 0 fully saturated rings. The Morgan fingerprint density at radius 2 is 2.05 bits per heavy atom. The summed E-state index contributed by atoms with van der Waals surface area (Å²) < 4.78 is 1.57. The number of aromatic nitrogens is 4. The molecule has 0 saturated carbocycles. The summed E-state index contributed by atoms with van der Waals surface area (Å²) in [5, 5.41) is 13.4. The topological polar surface area (TPSA) is 80.9 Å². The summed E-state index contributed by atoms with van der Waals surface area (Å²) in [6.07, 6.45) is 8.39. The van der Waals surface area contributed by atoms with Crippen LogP contribution in [-0.4, -0.2) is 30.8 Å². The average molecular weight is 272 g/mol. The number of aromatic carboxylic acids is 1. The Balaban J connectivity index is 2.10. The third-order valence-corrected chi connectivity index (χ3v) is 3.70. The van der Waals surface area contributed by atoms with Gasteiger partial charge in [0.15, 0.2) is 5.82 Å². The van der Waals surface area contributed by atoms with E-state index in [1.807, 2.05) is 0 Å². The van der Waals surface area contributed by atoms with E-state index in [0.29, 0.717) is 11.5 Å². The highest BCUT2D eigenvalue weighted by Gasteiger charge is 2.19. The summed E-state index contributed by atoms with van der Waals surface area (Å²) in [6, 6.07) is 0. The van der Waals surface area contributed by atoms with Crippen LogP contribution in [0, 0.1) is 6.92 Å². The minimum Gasteiger partial charge on any atom is -0.478 e. The second-order valence-electron chi connectivity index (χ2n) is 5.06. The number of hydrogen-bond donors (Lipinski definition) is 1. The largest absolute Gasteiger partial charge is 0.478 e. The monoisotopic (exact) mass is 272 g/mol. The van der Waals surface area contributed by atoms with E-state index in [1.165, 1.54) is 18.9 Å². The molecule has 0 amide bonds. The van der Waals surface area contributed by atoms with Crippen LogP contribution in [0.5, 0.6) is 0 Å². The van der Waals surface area contributed by atoms with Gasteiger partial charge in [0.2, 0.25) is 0 Å². The number of carbonyl (C=O) groups is 1. The molecule has 104 valence electrons. The predicted molar refractivity (Wildman–Crippen MR) is 72.1 cm³/mol. The van der Waals surface area contributed by atoms with Crippen molar-refractivity contribution in [3.8, 4) is 5.82 Å². The van der Waals surface area contributed by atoms with Gasteiger partial charge in [-0.2, -0.15) is 5.10 Å². The lowest BCUT2D eigenvalue weighted by Crippen LogP contribution is -2.08. The molecular formula is C14H16N4O2. The van der Waals surface area contributed by atoms with E-state index in [1.54, 1.807) is 11.6 Å². The number of hydrogen-bond acceptors (Lipinski definition) is 4. The van der Waals surface area contributed by atoms with Crippen LogP contribution in [0.15, 0.2) is 12.5 Å². The quantitative estimate of drug-likeness (QED) is 0.845. The average Bonchev–Trinajstić information content (AvgIpc) is 2.67. The van der Waals surface area contributed by atoms with Gasteiger partial charge >= 0.3 is 5.97 Å². The van der Waals surface area contributed by atoms with Gasteiger partial charge in [0.25, 0.3) is 0 Å². The predicted octanol–water partition coefficient (Wildman–Crippen LogP) is 1.94. The number of carboxylic acids is 1. The second-order valence-corrected chi connectivity index (χ2v) is 5.06. The van der Waals surface area contributed by atoms with Crippen LogP contribution in [0.3, 0.4) is 0 Å². The fourth-order valence-corrected chi connectivity index (χ4v) is 2.66. The molecule has 0 radical (unpaired) electrons. The Morgan fingerprint density at radius 1 is 1.25 bits per heavy atom. The summed E-state index contributed by atoms with van der Waals surface area (Å²) in [4.78, 5) is 19.8. The van der Waals surface area contributed by atoms with Crippen molar-refractivity contribution in [2.45, 2.75) is 39.0 Å². The zero-order valence-corrected chi connectivity index (χ0v) is 11.3. The maximum Gasteiger partial charge on any atom is 0.339 e. The Labute approximate surface area is 116 Å². The Hall–Kier alpha value is -2.24. The van der Waals surface area contributed by atoms with Crippen LogP contribution in [0.4, 0.5) is 0 Å². The van der Waals surface area contributed by atoms with Crippen LogP contribution in [-0.2, 0) is 12.8 Å². The van der Waals surface area contributed by atoms with Crippen molar-refractivity contribution in [2.24, 2.45) is 0 Å². The van der Waals surface area contributed by atoms with E-state index < -0.39 is 5.97 Å². The summed E-state index contributed by atoms with van der Waals surface area (Å²) in [5.74, 6) is -0.249. The third kappa shape index (κ3) is 2.17. The van der Waals surface area contributed by atoms with E-state index >= 15 is 0 Å². The molecule has 0 bridgehead atoms. The first-order chi connectivity index (χ1) is 9.66. The smallest absolute Gasteiger partial charge is 0.339 e. The van der Waals surface area contributed by atoms with Gasteiger partial charge in [0, 0.05) is 17.5 Å². The molecule has 0 atom stereocenters. The van der Waals surface area contributed by atoms with Crippen LogP contribution in [0.2, 0.25) is 0 Å². The van der Waals surface area contributed by atoms with Crippen LogP contribution >= 0.6 is 0 Å². The number of rotatable bonds is 2. The number of fused-ring (bicyclic) bond motifs is 1. The Kier molecular flexibility index (Phi) is 3.22. The fourth-order valence-electron chi connectivity index (χ4n) is 2.66. The van der Waals surface area contributed by atoms with Gasteiger partial charge in [-0.05, 0) is 32.6 Å². The van der Waals surface area contributed by atoms with Gasteiger partial charge in [-0.3, -0.25) is 0 Å². The molecule has 2 heterocycles. The van der Waals surface area contributed by atoms with E-state index in [4.69, 9.17) is 5.11 Å². The molecule has 0 aliphatic heterocycles. The molecule has 6 heteroatoms. The van der Waals surface area contributed by atoms with Crippen LogP contribution in [0.1, 0.15) is 46.6 Å². The highest BCUT2D eigenvalue weighted by Crippen LogP contribution is 2.23. The van der Waals surface area contributed by atoms with Crippen molar-refractivity contribution in [1.82, 2.24) is 19.7 Å². The minimum absolute atomic E-state index is 0.214. The fraction of sp³-hybridized carbons (Fsp3) is 0.429. The Bertz CT molecular complexity index is 663. The molecule has 2 aromatic heterocycles. The molecule has 0 saturated heterocycles. The van der Waals surface area contributed by atoms with Gasteiger partial charge in [-0.1, -0.05) is 6.42 Å². The molecule has 0 aromatic carbocycles. The Morgan fingerprint density at radius 3 is 2.80 bits per heavy atom. The summed E-state index contributed by atoms with van der Waals surface area (Å²) in [7, 11) is 0. The van der Waals surface area contributed by atoms with Gasteiger partial charge in [-0.15, -0.1) is 0 Å². The van der Waals surface area contributed by atoms with Crippen molar-refractivity contribution < 1.29 is 9.90 Å². The molecule has 6 nitrogen and oxygen atoms in total. The molecule has 0 spiro atoms. The summed E-state index contributed by atoms with van der Waals surface area (Å²) >= 11 is 0. The zero-order valence-electron chi connectivity index (χ0n) is 11.3. The van der Waals surface area contributed by atoms with Crippen molar-refractivity contribution in [1.29, 1.82) is 0 Å². The normalized spacial score (nSPS) is 14.7. The first kappa shape index (κ1) is 12.8. The maximum absolute atomic E-state index is 11.1. The molecule has 1 aliphatic rings. The van der Waals surface area contributed by atoms with Crippen molar-refractivity contribution in [3.05, 3.63) is 35.0 Å². The number of carboxylic acid groups (broad SMARTS) is 1. The highest BCUT2D eigenvalue weighted by atomic mass is 16.4. The van der Waals surface area contributed by atoms with Gasteiger partial charge in [0.1, 0.15) is 11.9 Å².